The van der Waals surface area contributed by atoms with Gasteiger partial charge in [0, 0.05) is 61.0 Å². The van der Waals surface area contributed by atoms with E-state index in [0.29, 0.717) is 24.1 Å². The predicted octanol–water partition coefficient (Wildman–Crippen LogP) is 2.10. The maximum atomic E-state index is 13.0. The molecule has 0 saturated carbocycles. The molecular formula is C19H19N5O5S2. The number of nitro groups is 1. The first-order valence-electron chi connectivity index (χ1n) is 9.43. The Morgan fingerprint density at radius 1 is 1.16 bits per heavy atom. The summed E-state index contributed by atoms with van der Waals surface area (Å²) >= 11 is 1.29. The van der Waals surface area contributed by atoms with Crippen LogP contribution in [0.2, 0.25) is 0 Å². The number of amides is 1. The number of fused-ring (bicyclic) bond motifs is 1. The van der Waals surface area contributed by atoms with Gasteiger partial charge in [-0.2, -0.15) is 4.31 Å². The Morgan fingerprint density at radius 2 is 1.87 bits per heavy atom. The third-order valence-corrected chi connectivity index (χ3v) is 7.97. The normalized spacial score (nSPS) is 15.3. The molecule has 0 bridgehead atoms. The van der Waals surface area contributed by atoms with Gasteiger partial charge in [-0.15, -0.1) is 11.8 Å². The van der Waals surface area contributed by atoms with E-state index < -0.39 is 14.9 Å². The number of aromatic nitrogens is 2. The van der Waals surface area contributed by atoms with Crippen molar-refractivity contribution in [2.75, 3.05) is 31.9 Å². The van der Waals surface area contributed by atoms with E-state index in [0.717, 1.165) is 4.90 Å². The van der Waals surface area contributed by atoms with Crippen LogP contribution >= 0.6 is 11.8 Å². The standard InChI is InChI=1S/C19H19N5O5S2/c25-18(13-30-15-5-3-14(4-6-15)24(26)27)22-8-10-23(11-9-22)31(28,29)17-12-21-19-16(17)2-1-7-20-19/h1-7,12H,8-11,13H2,(H,20,21). The van der Waals surface area contributed by atoms with Crippen molar-refractivity contribution in [1.82, 2.24) is 19.2 Å². The average molecular weight is 462 g/mol. The number of benzene rings is 1. The molecule has 1 aliphatic rings. The molecule has 3 heterocycles. The van der Waals surface area contributed by atoms with Gasteiger partial charge in [0.25, 0.3) is 5.69 Å². The Bertz CT molecular complexity index is 1220. The molecule has 0 unspecified atom stereocenters. The second kappa shape index (κ2) is 8.65. The molecule has 0 atom stereocenters. The van der Waals surface area contributed by atoms with Gasteiger partial charge in [-0.05, 0) is 24.3 Å². The van der Waals surface area contributed by atoms with Crippen molar-refractivity contribution in [1.29, 1.82) is 0 Å². The van der Waals surface area contributed by atoms with Crippen LogP contribution in [-0.4, -0.2) is 70.4 Å². The Hall–Kier alpha value is -2.96. The van der Waals surface area contributed by atoms with Crippen molar-refractivity contribution in [3.8, 4) is 0 Å². The molecule has 0 spiro atoms. The summed E-state index contributed by atoms with van der Waals surface area (Å²) in [4.78, 5) is 32.3. The van der Waals surface area contributed by atoms with Gasteiger partial charge >= 0.3 is 0 Å². The van der Waals surface area contributed by atoms with Crippen molar-refractivity contribution in [2.24, 2.45) is 0 Å². The van der Waals surface area contributed by atoms with Crippen molar-refractivity contribution >= 4 is 44.4 Å². The SMILES string of the molecule is O=C(CSc1ccc([N+](=O)[O-])cc1)N1CCN(S(=O)(=O)c2c[nH]c3ncccc23)CC1. The molecule has 1 aromatic carbocycles. The highest BCUT2D eigenvalue weighted by molar-refractivity contribution is 8.00. The summed E-state index contributed by atoms with van der Waals surface area (Å²) in [5.74, 6) is 0.0790. The number of non-ortho nitro benzene ring substituents is 1. The molecule has 1 amide bonds. The fourth-order valence-electron chi connectivity index (χ4n) is 3.36. The number of carbonyl (C=O) groups is 1. The molecule has 0 radical (unpaired) electrons. The molecule has 12 heteroatoms. The zero-order chi connectivity index (χ0) is 22.0. The third kappa shape index (κ3) is 4.40. The number of H-pyrrole nitrogens is 1. The molecular weight excluding hydrogens is 442 g/mol. The molecule has 10 nitrogen and oxygen atoms in total. The number of carbonyl (C=O) groups excluding carboxylic acids is 1. The number of aromatic amines is 1. The minimum Gasteiger partial charge on any atom is -0.345 e. The van der Waals surface area contributed by atoms with Crippen LogP contribution in [0.25, 0.3) is 11.0 Å². The van der Waals surface area contributed by atoms with Crippen LogP contribution in [0, 0.1) is 10.1 Å². The van der Waals surface area contributed by atoms with Gasteiger partial charge in [0.05, 0.1) is 10.7 Å². The third-order valence-electron chi connectivity index (χ3n) is 5.03. The predicted molar refractivity (Wildman–Crippen MR) is 115 cm³/mol. The Balaban J connectivity index is 1.34. The van der Waals surface area contributed by atoms with Crippen LogP contribution in [0.4, 0.5) is 5.69 Å². The minimum atomic E-state index is -3.70. The number of hydrogen-bond donors (Lipinski definition) is 1. The van der Waals surface area contributed by atoms with E-state index in [9.17, 15) is 23.3 Å². The van der Waals surface area contributed by atoms with Crippen LogP contribution in [0.1, 0.15) is 0 Å². The molecule has 1 aliphatic heterocycles. The van der Waals surface area contributed by atoms with Crippen molar-refractivity contribution < 1.29 is 18.1 Å². The first-order chi connectivity index (χ1) is 14.9. The second-order valence-electron chi connectivity index (χ2n) is 6.88. The van der Waals surface area contributed by atoms with Crippen LogP contribution in [0.3, 0.4) is 0 Å². The highest BCUT2D eigenvalue weighted by Gasteiger charge is 2.31. The lowest BCUT2D eigenvalue weighted by Gasteiger charge is -2.33. The molecule has 31 heavy (non-hydrogen) atoms. The number of thioether (sulfide) groups is 1. The van der Waals surface area contributed by atoms with Crippen molar-refractivity contribution in [3.63, 3.8) is 0 Å². The van der Waals surface area contributed by atoms with Gasteiger partial charge in [0.15, 0.2) is 0 Å². The van der Waals surface area contributed by atoms with E-state index >= 15 is 0 Å². The fourth-order valence-corrected chi connectivity index (χ4v) is 5.74. The zero-order valence-corrected chi connectivity index (χ0v) is 17.9. The summed E-state index contributed by atoms with van der Waals surface area (Å²) in [5.41, 5.74) is 0.511. The Labute approximate surface area is 182 Å². The van der Waals surface area contributed by atoms with Crippen LogP contribution in [0.5, 0.6) is 0 Å². The van der Waals surface area contributed by atoms with E-state index in [2.05, 4.69) is 9.97 Å². The summed E-state index contributed by atoms with van der Waals surface area (Å²) in [6, 6.07) is 9.41. The zero-order valence-electron chi connectivity index (χ0n) is 16.3. The summed E-state index contributed by atoms with van der Waals surface area (Å²) in [6.45, 7) is 1.03. The van der Waals surface area contributed by atoms with E-state index in [1.165, 1.54) is 34.4 Å². The number of hydrogen-bond acceptors (Lipinski definition) is 7. The van der Waals surface area contributed by atoms with Gasteiger partial charge in [-0.25, -0.2) is 13.4 Å². The molecule has 162 valence electrons. The summed E-state index contributed by atoms with van der Waals surface area (Å²) in [5, 5.41) is 11.3. The second-order valence-corrected chi connectivity index (χ2v) is 9.83. The summed E-state index contributed by atoms with van der Waals surface area (Å²) < 4.78 is 27.5. The molecule has 1 saturated heterocycles. The largest absolute Gasteiger partial charge is 0.345 e. The number of sulfonamides is 1. The Kier molecular flexibility index (Phi) is 5.94. The summed E-state index contributed by atoms with van der Waals surface area (Å²) in [7, 11) is -3.70. The van der Waals surface area contributed by atoms with Gasteiger partial charge in [-0.1, -0.05) is 0 Å². The minimum absolute atomic E-state index is 0.000935. The van der Waals surface area contributed by atoms with Crippen molar-refractivity contribution in [2.45, 2.75) is 9.79 Å². The highest BCUT2D eigenvalue weighted by atomic mass is 32.2. The van der Waals surface area contributed by atoms with Gasteiger partial charge in [0.2, 0.25) is 15.9 Å². The molecule has 1 N–H and O–H groups in total. The lowest BCUT2D eigenvalue weighted by Crippen LogP contribution is -2.50. The van der Waals surface area contributed by atoms with Crippen LogP contribution < -0.4 is 0 Å². The molecule has 2 aromatic heterocycles. The summed E-state index contributed by atoms with van der Waals surface area (Å²) in [6.07, 6.45) is 3.04. The monoisotopic (exact) mass is 461 g/mol. The van der Waals surface area contributed by atoms with Gasteiger partial charge < -0.3 is 9.88 Å². The number of nitrogens with one attached hydrogen (secondary N) is 1. The first-order valence-corrected chi connectivity index (χ1v) is 11.9. The number of nitrogens with zero attached hydrogens (tertiary/aromatic N) is 4. The lowest BCUT2D eigenvalue weighted by molar-refractivity contribution is -0.384. The number of rotatable bonds is 6. The smallest absolute Gasteiger partial charge is 0.269 e. The lowest BCUT2D eigenvalue weighted by atomic mass is 10.3. The number of pyridine rings is 1. The number of nitro benzene ring substituents is 1. The van der Waals surface area contributed by atoms with E-state index in [1.807, 2.05) is 0 Å². The molecule has 1 fully saturated rings. The Morgan fingerprint density at radius 3 is 2.55 bits per heavy atom. The molecule has 4 rings (SSSR count). The number of piperazine rings is 1. The van der Waals surface area contributed by atoms with Gasteiger partial charge in [0.1, 0.15) is 10.5 Å². The maximum absolute atomic E-state index is 13.0. The van der Waals surface area contributed by atoms with Crippen LogP contribution in [0.15, 0.2) is 58.6 Å². The van der Waals surface area contributed by atoms with E-state index in [4.69, 9.17) is 0 Å². The van der Waals surface area contributed by atoms with Crippen molar-refractivity contribution in [3.05, 3.63) is 58.9 Å². The topological polar surface area (TPSA) is 130 Å². The van der Waals surface area contributed by atoms with Crippen LogP contribution in [-0.2, 0) is 14.8 Å². The fraction of sp³-hybridized carbons (Fsp3) is 0.263. The van der Waals surface area contributed by atoms with Gasteiger partial charge in [-0.3, -0.25) is 14.9 Å². The molecule has 0 aliphatic carbocycles. The highest BCUT2D eigenvalue weighted by Crippen LogP contribution is 2.26. The molecule has 3 aromatic rings. The maximum Gasteiger partial charge on any atom is 0.269 e. The first kappa shape index (κ1) is 21.3. The average Bonchev–Trinajstić information content (AvgIpc) is 3.23. The quantitative estimate of drug-likeness (QED) is 0.338. The van der Waals surface area contributed by atoms with E-state index in [1.54, 1.807) is 35.4 Å². The van der Waals surface area contributed by atoms with E-state index in [-0.39, 0.29) is 35.3 Å².